The Morgan fingerprint density at radius 3 is 1.59 bits per heavy atom. The predicted octanol–water partition coefficient (Wildman–Crippen LogP) is 5.55. The number of esters is 1. The highest BCUT2D eigenvalue weighted by Crippen LogP contribution is 2.31. The van der Waals surface area contributed by atoms with E-state index in [0.29, 0.717) is 5.69 Å². The Balaban J connectivity index is 1.71. The molecule has 0 bridgehead atoms. The fourth-order valence-corrected chi connectivity index (χ4v) is 3.40. The van der Waals surface area contributed by atoms with Crippen molar-refractivity contribution in [1.29, 1.82) is 0 Å². The second-order valence-corrected chi connectivity index (χ2v) is 6.74. The summed E-state index contributed by atoms with van der Waals surface area (Å²) in [5.74, 6) is -0.811. The SMILES string of the molecule is O=C(OC(c1ccccc1)c1ccccn1)C(c1ccccc1)c1ccccc1. The molecule has 3 nitrogen and oxygen atoms in total. The number of carbonyl (C=O) groups excluding carboxylic acids is 1. The van der Waals surface area contributed by atoms with E-state index >= 15 is 0 Å². The van der Waals surface area contributed by atoms with Crippen LogP contribution in [0.2, 0.25) is 0 Å². The number of benzene rings is 3. The van der Waals surface area contributed by atoms with Crippen molar-refractivity contribution in [3.63, 3.8) is 0 Å². The van der Waals surface area contributed by atoms with Crippen LogP contribution in [0.15, 0.2) is 115 Å². The van der Waals surface area contributed by atoms with Gasteiger partial charge >= 0.3 is 5.97 Å². The van der Waals surface area contributed by atoms with Gasteiger partial charge < -0.3 is 4.74 Å². The molecule has 1 aromatic heterocycles. The van der Waals surface area contributed by atoms with Crippen molar-refractivity contribution in [3.8, 4) is 0 Å². The summed E-state index contributed by atoms with van der Waals surface area (Å²) in [5, 5.41) is 0. The molecule has 1 atom stereocenters. The number of hydrogen-bond acceptors (Lipinski definition) is 3. The number of carbonyl (C=O) groups is 1. The Hall–Kier alpha value is -3.72. The van der Waals surface area contributed by atoms with Gasteiger partial charge in [0.05, 0.1) is 5.69 Å². The van der Waals surface area contributed by atoms with E-state index in [1.54, 1.807) is 6.20 Å². The zero-order valence-electron chi connectivity index (χ0n) is 15.9. The van der Waals surface area contributed by atoms with Crippen LogP contribution in [-0.2, 0) is 9.53 Å². The molecule has 0 spiro atoms. The first kappa shape index (κ1) is 18.6. The highest BCUT2D eigenvalue weighted by Gasteiger charge is 2.28. The summed E-state index contributed by atoms with van der Waals surface area (Å²) in [6, 6.07) is 34.8. The van der Waals surface area contributed by atoms with Crippen molar-refractivity contribution < 1.29 is 9.53 Å². The zero-order valence-corrected chi connectivity index (χ0v) is 15.9. The van der Waals surface area contributed by atoms with Gasteiger partial charge in [0.15, 0.2) is 6.10 Å². The van der Waals surface area contributed by atoms with Gasteiger partial charge in [-0.25, -0.2) is 0 Å². The van der Waals surface area contributed by atoms with Crippen LogP contribution < -0.4 is 0 Å². The lowest BCUT2D eigenvalue weighted by Gasteiger charge is -2.22. The van der Waals surface area contributed by atoms with Crippen molar-refractivity contribution in [1.82, 2.24) is 4.98 Å². The topological polar surface area (TPSA) is 39.2 Å². The summed E-state index contributed by atoms with van der Waals surface area (Å²) in [4.78, 5) is 17.9. The molecule has 4 aromatic rings. The molecule has 0 aliphatic heterocycles. The molecule has 0 N–H and O–H groups in total. The maximum Gasteiger partial charge on any atom is 0.318 e. The van der Waals surface area contributed by atoms with E-state index in [1.807, 2.05) is 109 Å². The number of hydrogen-bond donors (Lipinski definition) is 0. The Bertz CT molecular complexity index is 956. The van der Waals surface area contributed by atoms with Crippen LogP contribution in [-0.4, -0.2) is 11.0 Å². The third kappa shape index (κ3) is 4.41. The molecule has 29 heavy (non-hydrogen) atoms. The first-order valence-corrected chi connectivity index (χ1v) is 9.59. The number of nitrogens with zero attached hydrogens (tertiary/aromatic N) is 1. The molecule has 3 heteroatoms. The van der Waals surface area contributed by atoms with Crippen molar-refractivity contribution >= 4 is 5.97 Å². The first-order chi connectivity index (χ1) is 14.3. The molecule has 4 rings (SSSR count). The van der Waals surface area contributed by atoms with Gasteiger partial charge in [-0.1, -0.05) is 97.1 Å². The summed E-state index contributed by atoms with van der Waals surface area (Å²) >= 11 is 0. The van der Waals surface area contributed by atoms with Gasteiger partial charge in [0.25, 0.3) is 0 Å². The minimum Gasteiger partial charge on any atom is -0.450 e. The molecule has 142 valence electrons. The monoisotopic (exact) mass is 379 g/mol. The molecule has 0 aliphatic rings. The van der Waals surface area contributed by atoms with E-state index in [9.17, 15) is 4.79 Å². The second-order valence-electron chi connectivity index (χ2n) is 6.74. The van der Waals surface area contributed by atoms with Crippen LogP contribution in [0.5, 0.6) is 0 Å². The van der Waals surface area contributed by atoms with Crippen molar-refractivity contribution in [2.45, 2.75) is 12.0 Å². The summed E-state index contributed by atoms with van der Waals surface area (Å²) in [5.41, 5.74) is 3.39. The third-order valence-electron chi connectivity index (χ3n) is 4.79. The van der Waals surface area contributed by atoms with Crippen molar-refractivity contribution in [3.05, 3.63) is 138 Å². The lowest BCUT2D eigenvalue weighted by atomic mass is 9.91. The Morgan fingerprint density at radius 2 is 1.10 bits per heavy atom. The van der Waals surface area contributed by atoms with E-state index in [4.69, 9.17) is 4.74 Å². The third-order valence-corrected chi connectivity index (χ3v) is 4.79. The smallest absolute Gasteiger partial charge is 0.318 e. The fraction of sp³-hybridized carbons (Fsp3) is 0.0769. The molecular formula is C26H21NO2. The summed E-state index contributed by atoms with van der Waals surface area (Å²) in [7, 11) is 0. The van der Waals surface area contributed by atoms with Crippen LogP contribution in [0.25, 0.3) is 0 Å². The Labute approximate surface area is 170 Å². The van der Waals surface area contributed by atoms with Crippen molar-refractivity contribution in [2.24, 2.45) is 0 Å². The van der Waals surface area contributed by atoms with Gasteiger partial charge in [-0.15, -0.1) is 0 Å². The number of rotatable bonds is 6. The second kappa shape index (κ2) is 8.98. The van der Waals surface area contributed by atoms with Crippen LogP contribution >= 0.6 is 0 Å². The quantitative estimate of drug-likeness (QED) is 0.413. The molecule has 0 saturated carbocycles. The maximum atomic E-state index is 13.5. The molecule has 0 aliphatic carbocycles. The molecule has 1 heterocycles. The van der Waals surface area contributed by atoms with E-state index < -0.39 is 12.0 Å². The highest BCUT2D eigenvalue weighted by atomic mass is 16.5. The average molecular weight is 379 g/mol. The molecule has 3 aromatic carbocycles. The molecule has 0 radical (unpaired) electrons. The highest BCUT2D eigenvalue weighted by molar-refractivity contribution is 5.82. The minimum absolute atomic E-state index is 0.304. The first-order valence-electron chi connectivity index (χ1n) is 9.59. The average Bonchev–Trinajstić information content (AvgIpc) is 2.80. The summed E-state index contributed by atoms with van der Waals surface area (Å²) in [6.45, 7) is 0. The summed E-state index contributed by atoms with van der Waals surface area (Å²) < 4.78 is 6.09. The van der Waals surface area contributed by atoms with Gasteiger partial charge in [0.2, 0.25) is 0 Å². The standard InChI is InChI=1S/C26H21NO2/c28-26(24(20-12-4-1-5-13-20)21-14-6-2-7-15-21)29-25(22-16-8-3-9-17-22)23-18-10-11-19-27-23/h1-19,24-25H. The van der Waals surface area contributed by atoms with Gasteiger partial charge in [0.1, 0.15) is 5.92 Å². The van der Waals surface area contributed by atoms with Gasteiger partial charge in [-0.2, -0.15) is 0 Å². The Kier molecular flexibility index (Phi) is 5.77. The van der Waals surface area contributed by atoms with Gasteiger partial charge in [0, 0.05) is 6.20 Å². The number of aromatic nitrogens is 1. The van der Waals surface area contributed by atoms with Crippen LogP contribution in [0.1, 0.15) is 34.4 Å². The molecule has 1 unspecified atom stereocenters. The molecular weight excluding hydrogens is 358 g/mol. The fourth-order valence-electron chi connectivity index (χ4n) is 3.40. The van der Waals surface area contributed by atoms with Gasteiger partial charge in [-0.05, 0) is 28.8 Å². The minimum atomic E-state index is -0.570. The molecule has 0 amide bonds. The maximum absolute atomic E-state index is 13.5. The predicted molar refractivity (Wildman–Crippen MR) is 113 cm³/mol. The van der Waals surface area contributed by atoms with E-state index in [-0.39, 0.29) is 5.97 Å². The van der Waals surface area contributed by atoms with E-state index in [2.05, 4.69) is 4.98 Å². The Morgan fingerprint density at radius 1 is 0.621 bits per heavy atom. The normalized spacial score (nSPS) is 11.8. The van der Waals surface area contributed by atoms with Crippen LogP contribution in [0.4, 0.5) is 0 Å². The molecule has 0 saturated heterocycles. The van der Waals surface area contributed by atoms with Crippen molar-refractivity contribution in [2.75, 3.05) is 0 Å². The largest absolute Gasteiger partial charge is 0.450 e. The lowest BCUT2D eigenvalue weighted by molar-refractivity contribution is -0.148. The number of ether oxygens (including phenoxy) is 1. The van der Waals surface area contributed by atoms with Crippen LogP contribution in [0.3, 0.4) is 0 Å². The summed E-state index contributed by atoms with van der Waals surface area (Å²) in [6.07, 6.45) is 1.14. The van der Waals surface area contributed by atoms with E-state index in [0.717, 1.165) is 16.7 Å². The zero-order chi connectivity index (χ0) is 19.9. The molecule has 0 fully saturated rings. The van der Waals surface area contributed by atoms with Crippen LogP contribution in [0, 0.1) is 0 Å². The van der Waals surface area contributed by atoms with E-state index in [1.165, 1.54) is 0 Å². The van der Waals surface area contributed by atoms with Gasteiger partial charge in [-0.3, -0.25) is 9.78 Å². The lowest BCUT2D eigenvalue weighted by Crippen LogP contribution is -2.21. The number of pyridine rings is 1.